The highest BCUT2D eigenvalue weighted by Crippen LogP contribution is 2.35. The summed E-state index contributed by atoms with van der Waals surface area (Å²) in [6.45, 7) is 2.02. The van der Waals surface area contributed by atoms with E-state index in [0.717, 1.165) is 18.6 Å². The number of hydrogen-bond acceptors (Lipinski definition) is 2. The van der Waals surface area contributed by atoms with Gasteiger partial charge in [0.05, 0.1) is 12.7 Å². The second kappa shape index (κ2) is 6.42. The Hall–Kier alpha value is -1.02. The summed E-state index contributed by atoms with van der Waals surface area (Å²) in [5.74, 6) is 1.38. The molecule has 1 fully saturated rings. The van der Waals surface area contributed by atoms with Gasteiger partial charge in [0.15, 0.2) is 0 Å². The molecule has 0 aromatic heterocycles. The van der Waals surface area contributed by atoms with Gasteiger partial charge < -0.3 is 9.84 Å². The Balaban J connectivity index is 1.88. The molecule has 0 aliphatic heterocycles. The van der Waals surface area contributed by atoms with Gasteiger partial charge in [0, 0.05) is 0 Å². The van der Waals surface area contributed by atoms with Gasteiger partial charge in [-0.3, -0.25) is 0 Å². The van der Waals surface area contributed by atoms with Crippen molar-refractivity contribution in [1.29, 1.82) is 0 Å². The first kappa shape index (κ1) is 14.4. The van der Waals surface area contributed by atoms with Gasteiger partial charge in [-0.05, 0) is 56.2 Å². The summed E-state index contributed by atoms with van der Waals surface area (Å²) in [7, 11) is 1.68. The van der Waals surface area contributed by atoms with E-state index in [0.29, 0.717) is 5.92 Å². The summed E-state index contributed by atoms with van der Waals surface area (Å²) in [4.78, 5) is 0. The monoisotopic (exact) mass is 262 g/mol. The summed E-state index contributed by atoms with van der Waals surface area (Å²) in [5.41, 5.74) is 0.761. The van der Waals surface area contributed by atoms with E-state index in [2.05, 4.69) is 12.1 Å². The molecule has 0 spiro atoms. The first-order valence-electron chi connectivity index (χ1n) is 7.47. The van der Waals surface area contributed by atoms with Crippen LogP contribution >= 0.6 is 0 Å². The summed E-state index contributed by atoms with van der Waals surface area (Å²) < 4.78 is 5.16. The summed E-state index contributed by atoms with van der Waals surface area (Å²) >= 11 is 0. The van der Waals surface area contributed by atoms with Gasteiger partial charge in [-0.2, -0.15) is 0 Å². The van der Waals surface area contributed by atoms with Crippen LogP contribution in [0.3, 0.4) is 0 Å². The van der Waals surface area contributed by atoms with Gasteiger partial charge in [-0.15, -0.1) is 0 Å². The fourth-order valence-electron chi connectivity index (χ4n) is 3.12. The van der Waals surface area contributed by atoms with Crippen molar-refractivity contribution in [2.24, 2.45) is 5.92 Å². The topological polar surface area (TPSA) is 29.5 Å². The van der Waals surface area contributed by atoms with E-state index < -0.39 is 5.60 Å². The van der Waals surface area contributed by atoms with E-state index in [1.54, 1.807) is 7.11 Å². The Kier molecular flexibility index (Phi) is 4.87. The maximum Gasteiger partial charge on any atom is 0.118 e. The first-order valence-corrected chi connectivity index (χ1v) is 7.47. The van der Waals surface area contributed by atoms with E-state index in [4.69, 9.17) is 4.74 Å². The molecule has 2 rings (SSSR count). The van der Waals surface area contributed by atoms with Gasteiger partial charge in [-0.25, -0.2) is 0 Å². The van der Waals surface area contributed by atoms with Gasteiger partial charge in [0.1, 0.15) is 5.75 Å². The third-order valence-electron chi connectivity index (χ3n) is 4.56. The number of methoxy groups -OCH3 is 1. The first-order chi connectivity index (χ1) is 9.12. The summed E-state index contributed by atoms with van der Waals surface area (Å²) in [6.07, 6.45) is 8.07. The minimum absolute atomic E-state index is 0.486. The molecule has 0 amide bonds. The Morgan fingerprint density at radius 1 is 1.16 bits per heavy atom. The molecule has 0 bridgehead atoms. The van der Waals surface area contributed by atoms with Crippen molar-refractivity contribution in [2.75, 3.05) is 7.11 Å². The van der Waals surface area contributed by atoms with Crippen LogP contribution in [0.5, 0.6) is 5.75 Å². The third-order valence-corrected chi connectivity index (χ3v) is 4.56. The minimum Gasteiger partial charge on any atom is -0.497 e. The highest BCUT2D eigenvalue weighted by molar-refractivity contribution is 5.27. The molecule has 1 aliphatic carbocycles. The van der Waals surface area contributed by atoms with Crippen LogP contribution < -0.4 is 4.74 Å². The summed E-state index contributed by atoms with van der Waals surface area (Å²) in [5, 5.41) is 10.7. The predicted molar refractivity (Wildman–Crippen MR) is 78.5 cm³/mol. The molecule has 0 heterocycles. The van der Waals surface area contributed by atoms with Crippen LogP contribution in [0.15, 0.2) is 24.3 Å². The van der Waals surface area contributed by atoms with E-state index >= 15 is 0 Å². The van der Waals surface area contributed by atoms with Gasteiger partial charge in [-0.1, -0.05) is 31.4 Å². The lowest BCUT2D eigenvalue weighted by Gasteiger charge is -2.35. The van der Waals surface area contributed by atoms with Crippen LogP contribution in [-0.2, 0) is 6.42 Å². The number of aliphatic hydroxyl groups is 1. The zero-order valence-electron chi connectivity index (χ0n) is 12.2. The van der Waals surface area contributed by atoms with Crippen molar-refractivity contribution in [1.82, 2.24) is 0 Å². The zero-order chi connectivity index (χ0) is 13.7. The molecule has 0 radical (unpaired) electrons. The van der Waals surface area contributed by atoms with Gasteiger partial charge >= 0.3 is 0 Å². The average molecular weight is 262 g/mol. The molecule has 1 aliphatic rings. The number of aryl methyl sites for hydroxylation is 1. The van der Waals surface area contributed by atoms with Crippen molar-refractivity contribution in [3.05, 3.63) is 29.8 Å². The quantitative estimate of drug-likeness (QED) is 0.870. The number of hydrogen-bond donors (Lipinski definition) is 1. The fourth-order valence-corrected chi connectivity index (χ4v) is 3.12. The molecule has 0 saturated heterocycles. The molecule has 1 saturated carbocycles. The van der Waals surface area contributed by atoms with Gasteiger partial charge in [0.25, 0.3) is 0 Å². The molecule has 2 nitrogen and oxygen atoms in total. The highest BCUT2D eigenvalue weighted by atomic mass is 16.5. The van der Waals surface area contributed by atoms with Crippen LogP contribution in [0.1, 0.15) is 51.0 Å². The second-order valence-corrected chi connectivity index (χ2v) is 6.04. The number of rotatable bonds is 5. The van der Waals surface area contributed by atoms with E-state index in [1.807, 2.05) is 19.1 Å². The van der Waals surface area contributed by atoms with Crippen molar-refractivity contribution in [2.45, 2.75) is 57.5 Å². The molecule has 1 atom stereocenters. The Labute approximate surface area is 116 Å². The number of ether oxygens (including phenoxy) is 1. The van der Waals surface area contributed by atoms with E-state index in [9.17, 15) is 5.11 Å². The maximum atomic E-state index is 10.7. The average Bonchev–Trinajstić information content (AvgIpc) is 2.47. The van der Waals surface area contributed by atoms with Crippen molar-refractivity contribution in [3.8, 4) is 5.75 Å². The highest BCUT2D eigenvalue weighted by Gasteiger charge is 2.32. The molecule has 1 aromatic carbocycles. The minimum atomic E-state index is -0.514. The van der Waals surface area contributed by atoms with Crippen molar-refractivity contribution >= 4 is 0 Å². The second-order valence-electron chi connectivity index (χ2n) is 6.04. The predicted octanol–water partition coefficient (Wildman–Crippen LogP) is 3.96. The Morgan fingerprint density at radius 3 is 2.37 bits per heavy atom. The molecular formula is C17H26O2. The summed E-state index contributed by atoms with van der Waals surface area (Å²) in [6, 6.07) is 8.17. The van der Waals surface area contributed by atoms with Crippen molar-refractivity contribution < 1.29 is 9.84 Å². The SMILES string of the molecule is COc1ccc(CCC(C)(O)C2CCCCC2)cc1. The van der Waals surface area contributed by atoms with E-state index in [-0.39, 0.29) is 0 Å². The third kappa shape index (κ3) is 3.97. The maximum absolute atomic E-state index is 10.7. The molecule has 1 aromatic rings. The lowest BCUT2D eigenvalue weighted by molar-refractivity contribution is -0.0232. The largest absolute Gasteiger partial charge is 0.497 e. The van der Waals surface area contributed by atoms with Crippen molar-refractivity contribution in [3.63, 3.8) is 0 Å². The molecular weight excluding hydrogens is 236 g/mol. The van der Waals surface area contributed by atoms with E-state index in [1.165, 1.54) is 37.7 Å². The molecule has 1 N–H and O–H groups in total. The normalized spacial score (nSPS) is 19.9. The van der Waals surface area contributed by atoms with Gasteiger partial charge in [0.2, 0.25) is 0 Å². The Bertz CT molecular complexity index is 375. The Morgan fingerprint density at radius 2 is 1.79 bits per heavy atom. The number of benzene rings is 1. The standard InChI is InChI=1S/C17H26O2/c1-17(18,15-6-4-3-5-7-15)13-12-14-8-10-16(19-2)11-9-14/h8-11,15,18H,3-7,12-13H2,1-2H3. The lowest BCUT2D eigenvalue weighted by Crippen LogP contribution is -2.36. The van der Waals surface area contributed by atoms with Crippen LogP contribution in [0.2, 0.25) is 0 Å². The lowest BCUT2D eigenvalue weighted by atomic mass is 9.75. The smallest absolute Gasteiger partial charge is 0.118 e. The molecule has 1 unspecified atom stereocenters. The zero-order valence-corrected chi connectivity index (χ0v) is 12.2. The van der Waals surface area contributed by atoms with Crippen LogP contribution in [0.25, 0.3) is 0 Å². The molecule has 19 heavy (non-hydrogen) atoms. The van der Waals surface area contributed by atoms with Crippen LogP contribution in [0.4, 0.5) is 0 Å². The fraction of sp³-hybridized carbons (Fsp3) is 0.647. The molecule has 2 heteroatoms. The van der Waals surface area contributed by atoms with Crippen LogP contribution in [0, 0.1) is 5.92 Å². The van der Waals surface area contributed by atoms with Crippen LogP contribution in [-0.4, -0.2) is 17.8 Å². The molecule has 106 valence electrons.